The van der Waals surface area contributed by atoms with Crippen LogP contribution in [0, 0.1) is 0 Å². The molecule has 0 aliphatic heterocycles. The first-order chi connectivity index (χ1) is 1.73. The third-order valence-electron chi connectivity index (χ3n) is 0. The maximum atomic E-state index is 2.67. The minimum atomic E-state index is 0. The molecule has 0 aromatic carbocycles. The van der Waals surface area contributed by atoms with Crippen molar-refractivity contribution < 1.29 is 20.1 Å². The van der Waals surface area contributed by atoms with E-state index in [1.54, 1.807) is 0 Å². The minimum Gasteiger partial charge on any atom is -0.138 e. The minimum absolute atomic E-state index is 0. The Hall–Kier alpha value is 1.30. The summed E-state index contributed by atoms with van der Waals surface area (Å²) in [5.41, 5.74) is 0. The molecule has 2 radical (unpaired) electrons. The van der Waals surface area contributed by atoms with Crippen LogP contribution >= 0.6 is 9.24 Å². The van der Waals surface area contributed by atoms with E-state index in [1.165, 1.54) is 0 Å². The molecule has 0 heterocycles. The average molecular weight is 283 g/mol. The molecule has 2 atom stereocenters. The summed E-state index contributed by atoms with van der Waals surface area (Å²) >= 11 is 0. The van der Waals surface area contributed by atoms with Crippen LogP contribution in [0.5, 0.6) is 0 Å². The maximum absolute atomic E-state index is 2.67. The second-order valence-electron chi connectivity index (χ2n) is 0.977. The summed E-state index contributed by atoms with van der Waals surface area (Å²) in [7, 11) is 4.64. The van der Waals surface area contributed by atoms with Crippen molar-refractivity contribution in [3.05, 3.63) is 0 Å². The van der Waals surface area contributed by atoms with Gasteiger partial charge in [0.15, 0.2) is 0 Å². The third kappa shape index (κ3) is 34.2. The zero-order valence-electron chi connectivity index (χ0n) is 3.20. The normalized spacial score (nSPS) is 12.6. The Labute approximate surface area is 52.1 Å². The molecule has 0 saturated heterocycles. The Bertz CT molecular complexity index is 14.4. The largest absolute Gasteiger partial charge is 0.138 e. The molecule has 2 unspecified atom stereocenters. The fourth-order valence-electron chi connectivity index (χ4n) is 0. The molecule has 0 amide bonds. The van der Waals surface area contributed by atoms with Gasteiger partial charge in [-0.25, -0.2) is 0 Å². The topological polar surface area (TPSA) is 0 Å². The molecule has 0 bridgehead atoms. The van der Waals surface area contributed by atoms with Crippen molar-refractivity contribution in [3.8, 4) is 0 Å². The first kappa shape index (κ1) is 9.57. The molecular weight excluding hydrogens is 275 g/mol. The predicted molar refractivity (Wildman–Crippen MR) is 27.7 cm³/mol. The summed E-state index contributed by atoms with van der Waals surface area (Å²) in [5, 5.41) is 0.778. The molecule has 34 valence electrons. The molecule has 0 spiro atoms. The smallest absolute Gasteiger partial charge is 0.0168 e. The Balaban J connectivity index is 0. The van der Waals surface area contributed by atoms with E-state index in [0.29, 0.717) is 0 Å². The van der Waals surface area contributed by atoms with Gasteiger partial charge in [0.2, 0.25) is 0 Å². The molecule has 0 aliphatic carbocycles. The van der Waals surface area contributed by atoms with Crippen LogP contribution in [0.25, 0.3) is 0 Å². The van der Waals surface area contributed by atoms with E-state index in [2.05, 4.69) is 16.2 Å². The van der Waals surface area contributed by atoms with E-state index in [0.717, 1.165) is 5.28 Å². The summed E-state index contributed by atoms with van der Waals surface area (Å²) in [6.45, 7) is 2.14. The second-order valence-corrected chi connectivity index (χ2v) is 4.35. The quantitative estimate of drug-likeness (QED) is 0.428. The molecule has 0 fully saturated rings. The molecule has 3 heteroatoms. The summed E-state index contributed by atoms with van der Waals surface area (Å²) in [6.07, 6.45) is 0. The number of rotatable bonds is 0. The van der Waals surface area contributed by atoms with Gasteiger partial charge in [0.25, 0.3) is 0 Å². The molecule has 0 aromatic heterocycles. The van der Waals surface area contributed by atoms with Gasteiger partial charge in [0.05, 0.1) is 0 Å². The average Bonchev–Trinajstić information content (AvgIpc) is 0.811. The summed E-state index contributed by atoms with van der Waals surface area (Å²) in [6, 6.07) is 0. The van der Waals surface area contributed by atoms with Gasteiger partial charge in [-0.2, -0.15) is 0 Å². The molecule has 0 saturated carbocycles. The Kier molecular flexibility index (Phi) is 10.1. The van der Waals surface area contributed by atoms with Crippen molar-refractivity contribution in [2.24, 2.45) is 0 Å². The van der Waals surface area contributed by atoms with Gasteiger partial charge >= 0.3 is 0 Å². The standard InChI is InChI=1S/C2H8PSi.Ir/c1-2(3)4;/h2H,3-4H2,1H3;. The Morgan fingerprint density at radius 2 is 1.80 bits per heavy atom. The van der Waals surface area contributed by atoms with Crippen molar-refractivity contribution in [1.29, 1.82) is 0 Å². The molecule has 0 N–H and O–H groups in total. The molecule has 0 aromatic rings. The van der Waals surface area contributed by atoms with Crippen LogP contribution in [0.4, 0.5) is 0 Å². The summed E-state index contributed by atoms with van der Waals surface area (Å²) < 4.78 is 0. The van der Waals surface area contributed by atoms with Crippen molar-refractivity contribution in [2.75, 3.05) is 0 Å². The molecule has 0 rings (SSSR count). The summed E-state index contributed by atoms with van der Waals surface area (Å²) in [5.74, 6) is 0. The van der Waals surface area contributed by atoms with Gasteiger partial charge in [-0.3, -0.25) is 0 Å². The Morgan fingerprint density at radius 3 is 1.80 bits per heavy atom. The van der Waals surface area contributed by atoms with Gasteiger partial charge < -0.3 is 0 Å². The van der Waals surface area contributed by atoms with Crippen LogP contribution in [-0.4, -0.2) is 15.5 Å². The fraction of sp³-hybridized carbons (Fsp3) is 1.00. The molecule has 0 aliphatic rings. The van der Waals surface area contributed by atoms with E-state index in [4.69, 9.17) is 0 Å². The Morgan fingerprint density at radius 1 is 1.80 bits per heavy atom. The van der Waals surface area contributed by atoms with E-state index in [9.17, 15) is 0 Å². The fourth-order valence-corrected chi connectivity index (χ4v) is 0. The first-order valence-corrected chi connectivity index (χ1v) is 2.80. The van der Waals surface area contributed by atoms with Gasteiger partial charge in [-0.15, -0.1) is 9.24 Å². The molecule has 5 heavy (non-hydrogen) atoms. The predicted octanol–water partition coefficient (Wildman–Crippen LogP) is -0.162. The number of hydrogen-bond acceptors (Lipinski definition) is 0. The van der Waals surface area contributed by atoms with Crippen molar-refractivity contribution in [3.63, 3.8) is 0 Å². The van der Waals surface area contributed by atoms with E-state index >= 15 is 0 Å². The first-order valence-electron chi connectivity index (χ1n) is 1.32. The van der Waals surface area contributed by atoms with Crippen LogP contribution < -0.4 is 0 Å². The van der Waals surface area contributed by atoms with Gasteiger partial charge in [0.1, 0.15) is 0 Å². The van der Waals surface area contributed by atoms with Gasteiger partial charge in [0, 0.05) is 30.3 Å². The van der Waals surface area contributed by atoms with Crippen LogP contribution in [0.3, 0.4) is 0 Å². The van der Waals surface area contributed by atoms with Crippen molar-refractivity contribution >= 4 is 19.5 Å². The zero-order valence-corrected chi connectivity index (χ0v) is 8.16. The molecule has 0 nitrogen and oxygen atoms in total. The maximum Gasteiger partial charge on any atom is 0.0168 e. The third-order valence-corrected chi connectivity index (χ3v) is 0. The summed E-state index contributed by atoms with van der Waals surface area (Å²) in [4.78, 5) is 0. The van der Waals surface area contributed by atoms with Crippen LogP contribution in [0.1, 0.15) is 6.92 Å². The SMILES string of the molecule is CC([SiH2])P.[Ir]. The van der Waals surface area contributed by atoms with E-state index < -0.39 is 0 Å². The van der Waals surface area contributed by atoms with Crippen LogP contribution in [0.15, 0.2) is 0 Å². The second kappa shape index (κ2) is 5.30. The monoisotopic (exact) mass is 284 g/mol. The van der Waals surface area contributed by atoms with Crippen molar-refractivity contribution in [1.82, 2.24) is 0 Å². The number of hydrogen-bond donors (Lipinski definition) is 0. The van der Waals surface area contributed by atoms with Gasteiger partial charge in [-0.05, 0) is 5.28 Å². The van der Waals surface area contributed by atoms with Crippen molar-refractivity contribution in [2.45, 2.75) is 12.2 Å². The van der Waals surface area contributed by atoms with E-state index in [1.807, 2.05) is 10.2 Å². The van der Waals surface area contributed by atoms with Crippen LogP contribution in [-0.2, 0) is 20.1 Å². The molecular formula is C2H8IrPSi. The zero-order chi connectivity index (χ0) is 3.58. The van der Waals surface area contributed by atoms with Crippen LogP contribution in [0.2, 0.25) is 0 Å². The van der Waals surface area contributed by atoms with E-state index in [-0.39, 0.29) is 20.1 Å². The van der Waals surface area contributed by atoms with Gasteiger partial charge in [-0.1, -0.05) is 6.92 Å².